The molecular weight excluding hydrogens is 224 g/mol. The molecule has 0 bridgehead atoms. The van der Waals surface area contributed by atoms with Gasteiger partial charge in [0.05, 0.1) is 5.56 Å². The Kier molecular flexibility index (Phi) is 3.76. The van der Waals surface area contributed by atoms with E-state index < -0.39 is 11.0 Å². The predicted octanol–water partition coefficient (Wildman–Crippen LogP) is 0.451. The molecule has 1 unspecified atom stereocenters. The summed E-state index contributed by atoms with van der Waals surface area (Å²) in [7, 11) is 1.63. The van der Waals surface area contributed by atoms with Crippen LogP contribution in [0.15, 0.2) is 15.7 Å². The molecule has 1 heterocycles. The Morgan fingerprint density at radius 3 is 2.79 bits per heavy atom. The summed E-state index contributed by atoms with van der Waals surface area (Å²) in [6, 6.07) is 1.49. The van der Waals surface area contributed by atoms with Gasteiger partial charge in [-0.2, -0.15) is 0 Å². The minimum atomic E-state index is -1.65. The highest BCUT2D eigenvalue weighted by molar-refractivity contribution is 7.85. The molecule has 2 N–H and O–H groups in total. The fourth-order valence-electron chi connectivity index (χ4n) is 0.829. The molecular formula is C7H10N2O3S2. The molecule has 0 spiro atoms. The summed E-state index contributed by atoms with van der Waals surface area (Å²) in [5.74, 6) is -0.151. The molecule has 78 valence electrons. The second kappa shape index (κ2) is 4.65. The summed E-state index contributed by atoms with van der Waals surface area (Å²) in [6.45, 7) is 0. The number of carbonyl (C=O) groups excluding carboxylic acids is 1. The van der Waals surface area contributed by atoms with Gasteiger partial charge in [0, 0.05) is 19.5 Å². The third-order valence-electron chi connectivity index (χ3n) is 1.49. The average molecular weight is 234 g/mol. The summed E-state index contributed by atoms with van der Waals surface area (Å²) in [6.07, 6.45) is 0. The quantitative estimate of drug-likeness (QED) is 0.746. The van der Waals surface area contributed by atoms with Crippen LogP contribution < -0.4 is 4.89 Å². The Bertz CT molecular complexity index is 362. The normalized spacial score (nSPS) is 12.5. The first-order chi connectivity index (χ1) is 6.56. The van der Waals surface area contributed by atoms with Crippen LogP contribution in [0.3, 0.4) is 0 Å². The van der Waals surface area contributed by atoms with E-state index in [9.17, 15) is 9.00 Å². The first kappa shape index (κ1) is 11.3. The fraction of sp³-hybridized carbons (Fsp3) is 0.286. The topological polar surface area (TPSA) is 69.6 Å². The molecule has 1 aromatic heterocycles. The van der Waals surface area contributed by atoms with E-state index in [0.717, 1.165) is 11.3 Å². The minimum absolute atomic E-state index is 0.151. The Morgan fingerprint density at radius 1 is 1.64 bits per heavy atom. The van der Waals surface area contributed by atoms with Crippen molar-refractivity contribution >= 4 is 28.2 Å². The van der Waals surface area contributed by atoms with Crippen molar-refractivity contribution in [1.29, 1.82) is 0 Å². The highest BCUT2D eigenvalue weighted by atomic mass is 32.2. The minimum Gasteiger partial charge on any atom is -0.345 e. The van der Waals surface area contributed by atoms with Crippen LogP contribution in [-0.2, 0) is 11.0 Å². The van der Waals surface area contributed by atoms with Gasteiger partial charge < -0.3 is 10.1 Å². The summed E-state index contributed by atoms with van der Waals surface area (Å²) in [4.78, 5) is 14.5. The molecule has 14 heavy (non-hydrogen) atoms. The second-order valence-corrected chi connectivity index (χ2v) is 5.04. The number of rotatable bonds is 3. The van der Waals surface area contributed by atoms with Gasteiger partial charge in [0.1, 0.15) is 4.21 Å². The van der Waals surface area contributed by atoms with Crippen LogP contribution in [-0.4, -0.2) is 34.3 Å². The molecule has 1 aromatic rings. The maximum Gasteiger partial charge on any atom is 0.254 e. The van der Waals surface area contributed by atoms with E-state index in [1.165, 1.54) is 11.0 Å². The van der Waals surface area contributed by atoms with E-state index in [-0.39, 0.29) is 5.91 Å². The van der Waals surface area contributed by atoms with Gasteiger partial charge in [-0.1, -0.05) is 0 Å². The Morgan fingerprint density at radius 2 is 2.29 bits per heavy atom. The predicted molar refractivity (Wildman–Crippen MR) is 53.7 cm³/mol. The first-order valence-corrected chi connectivity index (χ1v) is 5.71. The van der Waals surface area contributed by atoms with Crippen molar-refractivity contribution in [2.75, 3.05) is 14.1 Å². The fourth-order valence-corrected chi connectivity index (χ4v) is 2.37. The van der Waals surface area contributed by atoms with Gasteiger partial charge in [-0.25, -0.2) is 4.21 Å². The van der Waals surface area contributed by atoms with Crippen molar-refractivity contribution in [1.82, 2.24) is 9.79 Å². The molecule has 0 saturated carbocycles. The van der Waals surface area contributed by atoms with Gasteiger partial charge in [0.25, 0.3) is 5.91 Å². The van der Waals surface area contributed by atoms with E-state index in [0.29, 0.717) is 9.77 Å². The van der Waals surface area contributed by atoms with Crippen molar-refractivity contribution in [2.24, 2.45) is 0 Å². The van der Waals surface area contributed by atoms with E-state index >= 15 is 0 Å². The Hall–Kier alpha value is -0.760. The van der Waals surface area contributed by atoms with E-state index in [4.69, 9.17) is 5.21 Å². The van der Waals surface area contributed by atoms with Crippen molar-refractivity contribution in [2.45, 2.75) is 4.21 Å². The largest absolute Gasteiger partial charge is 0.345 e. The molecule has 5 nitrogen and oxygen atoms in total. The van der Waals surface area contributed by atoms with Gasteiger partial charge in [-0.15, -0.1) is 16.2 Å². The lowest BCUT2D eigenvalue weighted by Gasteiger charge is -2.07. The zero-order valence-corrected chi connectivity index (χ0v) is 9.32. The first-order valence-electron chi connectivity index (χ1n) is 3.68. The lowest BCUT2D eigenvalue weighted by atomic mass is 10.3. The molecule has 0 aromatic carbocycles. The van der Waals surface area contributed by atoms with Crippen LogP contribution in [0.1, 0.15) is 10.4 Å². The lowest BCUT2D eigenvalue weighted by molar-refractivity contribution is 0.0828. The molecule has 1 rings (SSSR count). The smallest absolute Gasteiger partial charge is 0.254 e. The van der Waals surface area contributed by atoms with Gasteiger partial charge in [-0.05, 0) is 6.07 Å². The standard InChI is InChI=1S/C7H10N2O3S2/c1-9(2)7(10)5-3-6(13-4-5)14(12)8-11/h3-4,8,11H,1-2H3. The number of carbonyl (C=O) groups is 1. The third kappa shape index (κ3) is 2.38. The van der Waals surface area contributed by atoms with Gasteiger partial charge in [0.15, 0.2) is 11.0 Å². The summed E-state index contributed by atoms with van der Waals surface area (Å²) in [5, 5.41) is 10.0. The van der Waals surface area contributed by atoms with Crippen molar-refractivity contribution in [3.63, 3.8) is 0 Å². The van der Waals surface area contributed by atoms with Crippen molar-refractivity contribution < 1.29 is 14.2 Å². The van der Waals surface area contributed by atoms with Gasteiger partial charge in [-0.3, -0.25) is 4.79 Å². The van der Waals surface area contributed by atoms with Crippen LogP contribution in [0.25, 0.3) is 0 Å². The monoisotopic (exact) mass is 234 g/mol. The molecule has 0 fully saturated rings. The molecule has 1 atom stereocenters. The lowest BCUT2D eigenvalue weighted by Crippen LogP contribution is -2.21. The van der Waals surface area contributed by atoms with E-state index in [1.54, 1.807) is 24.4 Å². The third-order valence-corrected chi connectivity index (χ3v) is 3.61. The molecule has 0 aliphatic heterocycles. The summed E-state index contributed by atoms with van der Waals surface area (Å²) in [5.41, 5.74) is 0.471. The Balaban J connectivity index is 2.88. The van der Waals surface area contributed by atoms with Crippen LogP contribution in [0.2, 0.25) is 0 Å². The zero-order chi connectivity index (χ0) is 10.7. The van der Waals surface area contributed by atoms with Crippen molar-refractivity contribution in [3.05, 3.63) is 17.0 Å². The summed E-state index contributed by atoms with van der Waals surface area (Å²) < 4.78 is 11.5. The van der Waals surface area contributed by atoms with Crippen LogP contribution in [0.5, 0.6) is 0 Å². The second-order valence-electron chi connectivity index (χ2n) is 2.71. The molecule has 0 aliphatic carbocycles. The van der Waals surface area contributed by atoms with Crippen LogP contribution in [0.4, 0.5) is 0 Å². The molecule has 0 aliphatic rings. The maximum atomic E-state index is 11.4. The molecule has 1 amide bonds. The van der Waals surface area contributed by atoms with Crippen LogP contribution >= 0.6 is 11.3 Å². The van der Waals surface area contributed by atoms with E-state index in [2.05, 4.69) is 0 Å². The van der Waals surface area contributed by atoms with Gasteiger partial charge >= 0.3 is 0 Å². The highest BCUT2D eigenvalue weighted by Crippen LogP contribution is 2.18. The van der Waals surface area contributed by atoms with Crippen molar-refractivity contribution in [3.8, 4) is 0 Å². The molecule has 0 radical (unpaired) electrons. The Labute approximate surface area is 87.9 Å². The van der Waals surface area contributed by atoms with E-state index in [1.807, 2.05) is 0 Å². The zero-order valence-electron chi connectivity index (χ0n) is 7.68. The number of hydrogen-bond acceptors (Lipinski definition) is 4. The van der Waals surface area contributed by atoms with Crippen LogP contribution in [0, 0.1) is 0 Å². The number of nitrogens with zero attached hydrogens (tertiary/aromatic N) is 1. The average Bonchev–Trinajstić information content (AvgIpc) is 2.64. The molecule has 0 saturated heterocycles. The number of thiophene rings is 1. The molecule has 7 heteroatoms. The number of hydrogen-bond donors (Lipinski definition) is 2. The number of amides is 1. The SMILES string of the molecule is CN(C)C(=O)c1csc(S(=O)NO)c1. The maximum absolute atomic E-state index is 11.4. The van der Waals surface area contributed by atoms with Gasteiger partial charge in [0.2, 0.25) is 0 Å². The highest BCUT2D eigenvalue weighted by Gasteiger charge is 2.13. The number of nitrogens with one attached hydrogen (secondary N) is 1. The summed E-state index contributed by atoms with van der Waals surface area (Å²) >= 11 is 1.16.